The molecule has 1 aliphatic rings. The molecule has 3 heterocycles. The van der Waals surface area contributed by atoms with E-state index in [1.807, 2.05) is 6.92 Å². The Labute approximate surface area is 124 Å². The number of carbonyl (C=O) groups excluding carboxylic acids is 1. The van der Waals surface area contributed by atoms with E-state index >= 15 is 0 Å². The zero-order valence-electron chi connectivity index (χ0n) is 11.6. The number of aromatic amines is 1. The predicted octanol–water partition coefficient (Wildman–Crippen LogP) is -0.508. The van der Waals surface area contributed by atoms with E-state index in [0.717, 1.165) is 22.5 Å². The Morgan fingerprint density at radius 3 is 2.76 bits per heavy atom. The van der Waals surface area contributed by atoms with Crippen LogP contribution in [0.1, 0.15) is 4.88 Å². The lowest BCUT2D eigenvalue weighted by Crippen LogP contribution is -2.49. The lowest BCUT2D eigenvalue weighted by molar-refractivity contribution is -0.132. The summed E-state index contributed by atoms with van der Waals surface area (Å²) in [5.41, 5.74) is -0.931. The fraction of sp³-hybridized carbons (Fsp3) is 0.462. The molecule has 21 heavy (non-hydrogen) atoms. The molecule has 3 rings (SSSR count). The molecule has 112 valence electrons. The highest BCUT2D eigenvalue weighted by atomic mass is 32.1. The number of nitrogens with zero attached hydrogens (tertiary/aromatic N) is 2. The Bertz CT molecular complexity index is 798. The molecule has 0 aliphatic carbocycles. The zero-order valence-corrected chi connectivity index (χ0v) is 12.5. The van der Waals surface area contributed by atoms with Gasteiger partial charge in [0.05, 0.1) is 5.39 Å². The molecule has 2 aromatic heterocycles. The number of aryl methyl sites for hydroxylation is 1. The Kier molecular flexibility index (Phi) is 3.64. The van der Waals surface area contributed by atoms with E-state index in [2.05, 4.69) is 10.3 Å². The van der Waals surface area contributed by atoms with Crippen LogP contribution in [0.5, 0.6) is 0 Å². The number of fused-ring (bicyclic) bond motifs is 1. The summed E-state index contributed by atoms with van der Waals surface area (Å²) in [7, 11) is 0. The molecule has 0 saturated carbocycles. The maximum atomic E-state index is 12.3. The number of nitrogens with one attached hydrogen (secondary N) is 2. The van der Waals surface area contributed by atoms with Gasteiger partial charge < -0.3 is 10.2 Å². The quantitative estimate of drug-likeness (QED) is 0.782. The molecule has 0 atom stereocenters. The number of amides is 1. The monoisotopic (exact) mass is 308 g/mol. The normalized spacial score (nSPS) is 15.6. The minimum Gasteiger partial charge on any atom is -0.339 e. The molecule has 1 aliphatic heterocycles. The second kappa shape index (κ2) is 5.45. The first-order chi connectivity index (χ1) is 10.1. The third kappa shape index (κ3) is 2.64. The lowest BCUT2D eigenvalue weighted by atomic mass is 10.3. The van der Waals surface area contributed by atoms with E-state index < -0.39 is 11.2 Å². The summed E-state index contributed by atoms with van der Waals surface area (Å²) in [5, 5.41) is 3.62. The van der Waals surface area contributed by atoms with Crippen LogP contribution in [0, 0.1) is 6.92 Å². The van der Waals surface area contributed by atoms with E-state index in [-0.39, 0.29) is 12.5 Å². The number of H-pyrrole nitrogens is 1. The number of thiophene rings is 1. The largest absolute Gasteiger partial charge is 0.339 e. The maximum Gasteiger partial charge on any atom is 0.329 e. The maximum absolute atomic E-state index is 12.3. The topological polar surface area (TPSA) is 87.2 Å². The first kappa shape index (κ1) is 14.0. The molecule has 0 unspecified atom stereocenters. The van der Waals surface area contributed by atoms with E-state index in [0.29, 0.717) is 23.3 Å². The summed E-state index contributed by atoms with van der Waals surface area (Å²) in [6.07, 6.45) is 0. The molecule has 7 nitrogen and oxygen atoms in total. The van der Waals surface area contributed by atoms with Crippen LogP contribution in [0.2, 0.25) is 0 Å². The molecule has 0 spiro atoms. The van der Waals surface area contributed by atoms with E-state index in [1.54, 1.807) is 11.0 Å². The molecular formula is C13H16N4O3S. The third-order valence-electron chi connectivity index (χ3n) is 3.56. The van der Waals surface area contributed by atoms with Gasteiger partial charge >= 0.3 is 5.69 Å². The van der Waals surface area contributed by atoms with Crippen molar-refractivity contribution in [3.63, 3.8) is 0 Å². The fourth-order valence-electron chi connectivity index (χ4n) is 2.46. The van der Waals surface area contributed by atoms with E-state index in [9.17, 15) is 14.4 Å². The highest BCUT2D eigenvalue weighted by molar-refractivity contribution is 7.18. The molecule has 0 bridgehead atoms. The van der Waals surface area contributed by atoms with Gasteiger partial charge in [0, 0.05) is 31.1 Å². The molecule has 0 aromatic carbocycles. The summed E-state index contributed by atoms with van der Waals surface area (Å²) in [4.78, 5) is 42.4. The number of aromatic nitrogens is 2. The number of piperazine rings is 1. The molecule has 1 saturated heterocycles. The predicted molar refractivity (Wildman–Crippen MR) is 80.9 cm³/mol. The van der Waals surface area contributed by atoms with Crippen LogP contribution in [0.15, 0.2) is 15.7 Å². The number of rotatable bonds is 2. The van der Waals surface area contributed by atoms with Crippen molar-refractivity contribution in [3.05, 3.63) is 31.8 Å². The second-order valence-corrected chi connectivity index (χ2v) is 6.31. The molecule has 1 fully saturated rings. The summed E-state index contributed by atoms with van der Waals surface area (Å²) in [5.74, 6) is -0.199. The molecule has 8 heteroatoms. The van der Waals surface area contributed by atoms with Crippen LogP contribution < -0.4 is 16.6 Å². The van der Waals surface area contributed by atoms with Gasteiger partial charge in [-0.2, -0.15) is 0 Å². The summed E-state index contributed by atoms with van der Waals surface area (Å²) in [6.45, 7) is 4.34. The standard InChI is InChI=1S/C13H16N4O3S/c1-8-6-9-11(21-8)15-13(20)17(12(9)19)7-10(18)16-4-2-14-3-5-16/h6,14H,2-5,7H2,1H3,(H,15,20). The van der Waals surface area contributed by atoms with Crippen LogP contribution in [0.3, 0.4) is 0 Å². The van der Waals surface area contributed by atoms with Crippen molar-refractivity contribution >= 4 is 27.5 Å². The lowest BCUT2D eigenvalue weighted by Gasteiger charge is -2.27. The van der Waals surface area contributed by atoms with E-state index in [1.165, 1.54) is 11.3 Å². The van der Waals surface area contributed by atoms with Crippen molar-refractivity contribution in [3.8, 4) is 0 Å². The van der Waals surface area contributed by atoms with Crippen molar-refractivity contribution in [2.45, 2.75) is 13.5 Å². The Morgan fingerprint density at radius 2 is 2.05 bits per heavy atom. The molecule has 2 aromatic rings. The van der Waals surface area contributed by atoms with Crippen molar-refractivity contribution in [1.29, 1.82) is 0 Å². The van der Waals surface area contributed by atoms with Gasteiger partial charge in [-0.1, -0.05) is 0 Å². The van der Waals surface area contributed by atoms with Gasteiger partial charge in [-0.3, -0.25) is 19.1 Å². The van der Waals surface area contributed by atoms with Crippen molar-refractivity contribution in [2.75, 3.05) is 26.2 Å². The molecule has 2 N–H and O–H groups in total. The van der Waals surface area contributed by atoms with Crippen LogP contribution >= 0.6 is 11.3 Å². The first-order valence-electron chi connectivity index (χ1n) is 6.78. The minimum atomic E-state index is -0.530. The number of carbonyl (C=O) groups is 1. The number of hydrogen-bond donors (Lipinski definition) is 2. The van der Waals surface area contributed by atoms with Crippen molar-refractivity contribution < 1.29 is 4.79 Å². The van der Waals surface area contributed by atoms with Gasteiger partial charge in [0.1, 0.15) is 11.4 Å². The number of hydrogen-bond acceptors (Lipinski definition) is 5. The molecule has 1 amide bonds. The smallest absolute Gasteiger partial charge is 0.329 e. The molecular weight excluding hydrogens is 292 g/mol. The van der Waals surface area contributed by atoms with Gasteiger partial charge in [-0.15, -0.1) is 11.3 Å². The van der Waals surface area contributed by atoms with E-state index in [4.69, 9.17) is 0 Å². The van der Waals surface area contributed by atoms with Gasteiger partial charge in [-0.05, 0) is 13.0 Å². The zero-order chi connectivity index (χ0) is 15.0. The van der Waals surface area contributed by atoms with Gasteiger partial charge in [0.15, 0.2) is 0 Å². The summed E-state index contributed by atoms with van der Waals surface area (Å²) < 4.78 is 0.985. The summed E-state index contributed by atoms with van der Waals surface area (Å²) in [6, 6.07) is 1.74. The van der Waals surface area contributed by atoms with Crippen LogP contribution in [0.4, 0.5) is 0 Å². The fourth-order valence-corrected chi connectivity index (χ4v) is 3.35. The van der Waals surface area contributed by atoms with Crippen molar-refractivity contribution in [2.24, 2.45) is 0 Å². The first-order valence-corrected chi connectivity index (χ1v) is 7.59. The van der Waals surface area contributed by atoms with Crippen LogP contribution in [-0.4, -0.2) is 46.5 Å². The second-order valence-electron chi connectivity index (χ2n) is 5.05. The minimum absolute atomic E-state index is 0.199. The highest BCUT2D eigenvalue weighted by Crippen LogP contribution is 2.18. The van der Waals surface area contributed by atoms with Crippen molar-refractivity contribution in [1.82, 2.24) is 19.8 Å². The molecule has 0 radical (unpaired) electrons. The Balaban J connectivity index is 1.94. The highest BCUT2D eigenvalue weighted by Gasteiger charge is 2.19. The Morgan fingerprint density at radius 1 is 1.33 bits per heavy atom. The summed E-state index contributed by atoms with van der Waals surface area (Å²) >= 11 is 1.36. The Hall–Kier alpha value is -1.93. The SMILES string of the molecule is Cc1cc2c(=O)n(CC(=O)N3CCNCC3)c(=O)[nH]c2s1. The average Bonchev–Trinajstić information content (AvgIpc) is 2.85. The van der Waals surface area contributed by atoms with Gasteiger partial charge in [-0.25, -0.2) is 4.79 Å². The average molecular weight is 308 g/mol. The van der Waals surface area contributed by atoms with Gasteiger partial charge in [0.25, 0.3) is 5.56 Å². The van der Waals surface area contributed by atoms with Gasteiger partial charge in [0.2, 0.25) is 5.91 Å². The van der Waals surface area contributed by atoms with Crippen LogP contribution in [0.25, 0.3) is 10.2 Å². The third-order valence-corrected chi connectivity index (χ3v) is 4.53. The van der Waals surface area contributed by atoms with Crippen LogP contribution in [-0.2, 0) is 11.3 Å².